The maximum atomic E-state index is 12.7. The van der Waals surface area contributed by atoms with Gasteiger partial charge in [-0.2, -0.15) is 5.26 Å². The van der Waals surface area contributed by atoms with Crippen LogP contribution in [0.5, 0.6) is 0 Å². The molecule has 0 saturated carbocycles. The zero-order valence-corrected chi connectivity index (χ0v) is 16.2. The fraction of sp³-hybridized carbons (Fsp3) is 0.389. The van der Waals surface area contributed by atoms with Crippen molar-refractivity contribution in [3.05, 3.63) is 38.5 Å². The third-order valence-electron chi connectivity index (χ3n) is 4.11. The number of thiophene rings is 1. The van der Waals surface area contributed by atoms with E-state index in [0.29, 0.717) is 34.0 Å². The Bertz CT molecular complexity index is 889. The van der Waals surface area contributed by atoms with Crippen molar-refractivity contribution in [2.24, 2.45) is 0 Å². The molecule has 1 amide bonds. The number of carbonyl (C=O) groups is 2. The van der Waals surface area contributed by atoms with E-state index in [1.807, 2.05) is 13.8 Å². The first kappa shape index (κ1) is 19.7. The van der Waals surface area contributed by atoms with Crippen molar-refractivity contribution in [2.75, 3.05) is 25.6 Å². The predicted octanol–water partition coefficient (Wildman–Crippen LogP) is 3.24. The van der Waals surface area contributed by atoms with Gasteiger partial charge in [0.1, 0.15) is 23.4 Å². The van der Waals surface area contributed by atoms with Crippen molar-refractivity contribution in [3.8, 4) is 6.07 Å². The van der Waals surface area contributed by atoms with Gasteiger partial charge in [0.15, 0.2) is 0 Å². The van der Waals surface area contributed by atoms with Crippen LogP contribution in [0.25, 0.3) is 0 Å². The molecule has 0 aliphatic rings. The van der Waals surface area contributed by atoms with E-state index in [1.54, 1.807) is 13.8 Å². The number of rotatable bonds is 6. The molecule has 2 aromatic heterocycles. The molecule has 7 nitrogen and oxygen atoms in total. The molecule has 0 radical (unpaired) electrons. The molecule has 2 aromatic rings. The summed E-state index contributed by atoms with van der Waals surface area (Å²) in [4.78, 5) is 28.8. The Morgan fingerprint density at radius 3 is 2.50 bits per heavy atom. The number of nitrogens with one attached hydrogen (secondary N) is 2. The molecule has 2 N–H and O–H groups in total. The Kier molecular flexibility index (Phi) is 6.18. The quantitative estimate of drug-likeness (QED) is 0.596. The van der Waals surface area contributed by atoms with E-state index in [4.69, 9.17) is 9.47 Å². The molecular formula is C18H21N3O4S. The van der Waals surface area contributed by atoms with E-state index in [1.165, 1.54) is 18.4 Å². The Morgan fingerprint density at radius 1 is 1.19 bits per heavy atom. The average molecular weight is 375 g/mol. The number of aryl methyl sites for hydroxylation is 2. The number of amides is 1. The van der Waals surface area contributed by atoms with Gasteiger partial charge in [-0.05, 0) is 38.8 Å². The maximum absolute atomic E-state index is 12.7. The van der Waals surface area contributed by atoms with E-state index in [2.05, 4.69) is 16.4 Å². The van der Waals surface area contributed by atoms with Crippen LogP contribution in [0.1, 0.15) is 48.1 Å². The highest BCUT2D eigenvalue weighted by molar-refractivity contribution is 7.16. The molecule has 0 fully saturated rings. The Labute approximate surface area is 155 Å². The molecule has 138 valence electrons. The highest BCUT2D eigenvalue weighted by atomic mass is 32.1. The second-order valence-corrected chi connectivity index (χ2v) is 7.03. The topological polar surface area (TPSA) is 104 Å². The monoisotopic (exact) mass is 375 g/mol. The Balaban J connectivity index is 2.26. The lowest BCUT2D eigenvalue weighted by atomic mass is 10.1. The zero-order chi connectivity index (χ0) is 19.4. The number of H-pyrrole nitrogens is 1. The highest BCUT2D eigenvalue weighted by Gasteiger charge is 2.24. The number of aromatic nitrogens is 1. The highest BCUT2D eigenvalue weighted by Crippen LogP contribution is 2.32. The fourth-order valence-corrected chi connectivity index (χ4v) is 3.59. The van der Waals surface area contributed by atoms with Gasteiger partial charge in [-0.3, -0.25) is 4.79 Å². The molecule has 0 aromatic carbocycles. The van der Waals surface area contributed by atoms with Crippen molar-refractivity contribution in [2.45, 2.75) is 27.7 Å². The lowest BCUT2D eigenvalue weighted by Gasteiger charge is -2.05. The third-order valence-corrected chi connectivity index (χ3v) is 5.24. The van der Waals surface area contributed by atoms with Crippen LogP contribution in [-0.4, -0.2) is 37.2 Å². The van der Waals surface area contributed by atoms with Crippen LogP contribution in [0.2, 0.25) is 0 Å². The smallest absolute Gasteiger partial charge is 0.340 e. The van der Waals surface area contributed by atoms with E-state index in [-0.39, 0.29) is 12.3 Å². The van der Waals surface area contributed by atoms with Crippen molar-refractivity contribution >= 4 is 28.2 Å². The second kappa shape index (κ2) is 8.17. The lowest BCUT2D eigenvalue weighted by Crippen LogP contribution is -2.14. The summed E-state index contributed by atoms with van der Waals surface area (Å²) in [7, 11) is 1.52. The summed E-state index contributed by atoms with van der Waals surface area (Å²) >= 11 is 1.35. The number of ether oxygens (including phenoxy) is 2. The molecule has 0 aliphatic carbocycles. The van der Waals surface area contributed by atoms with Gasteiger partial charge >= 0.3 is 5.97 Å². The summed E-state index contributed by atoms with van der Waals surface area (Å²) in [5, 5.41) is 12.6. The number of hydrogen-bond acceptors (Lipinski definition) is 6. The molecule has 0 spiro atoms. The summed E-state index contributed by atoms with van der Waals surface area (Å²) in [6.07, 6.45) is 0. The van der Waals surface area contributed by atoms with Crippen molar-refractivity contribution in [3.63, 3.8) is 0 Å². The maximum Gasteiger partial charge on any atom is 0.340 e. The summed E-state index contributed by atoms with van der Waals surface area (Å²) in [5.41, 5.74) is 2.98. The molecule has 0 aliphatic heterocycles. The van der Waals surface area contributed by atoms with E-state index < -0.39 is 11.9 Å². The molecule has 8 heteroatoms. The Morgan fingerprint density at radius 2 is 1.88 bits per heavy atom. The number of carbonyl (C=O) groups excluding carboxylic acids is 2. The van der Waals surface area contributed by atoms with Crippen LogP contribution in [0.4, 0.5) is 5.00 Å². The predicted molar refractivity (Wildman–Crippen MR) is 98.9 cm³/mol. The van der Waals surface area contributed by atoms with Gasteiger partial charge in [0.25, 0.3) is 5.91 Å². The van der Waals surface area contributed by atoms with E-state index in [9.17, 15) is 14.9 Å². The minimum atomic E-state index is -0.507. The molecule has 2 heterocycles. The van der Waals surface area contributed by atoms with E-state index in [0.717, 1.165) is 10.4 Å². The van der Waals surface area contributed by atoms with Gasteiger partial charge in [0.2, 0.25) is 0 Å². The minimum absolute atomic E-state index is 0.139. The summed E-state index contributed by atoms with van der Waals surface area (Å²) in [5.74, 6) is -0.910. The number of esters is 1. The van der Waals surface area contributed by atoms with Crippen LogP contribution in [-0.2, 0) is 9.47 Å². The molecule has 0 bridgehead atoms. The molecule has 0 saturated heterocycles. The minimum Gasteiger partial charge on any atom is -0.460 e. The van der Waals surface area contributed by atoms with Crippen LogP contribution < -0.4 is 5.32 Å². The number of methoxy groups -OCH3 is 1. The van der Waals surface area contributed by atoms with Crippen LogP contribution in [0, 0.1) is 39.0 Å². The standard InChI is InChI=1S/C18H21N3O4S/c1-9-12(4)26-17(13(9)8-19)21-16(22)15-10(2)14(11(3)20-15)18(23)25-7-6-24-5/h20H,6-7H2,1-5H3,(H,21,22). The SMILES string of the molecule is COCCOC(=O)c1c(C)[nH]c(C(=O)Nc2sc(C)c(C)c2C#N)c1C. The van der Waals surface area contributed by atoms with Crippen molar-refractivity contribution in [1.29, 1.82) is 5.26 Å². The van der Waals surface area contributed by atoms with E-state index >= 15 is 0 Å². The van der Waals surface area contributed by atoms with Crippen LogP contribution in [0.15, 0.2) is 0 Å². The van der Waals surface area contributed by atoms with Gasteiger partial charge in [-0.25, -0.2) is 4.79 Å². The number of nitrogens with zero attached hydrogens (tertiary/aromatic N) is 1. The van der Waals surface area contributed by atoms with Gasteiger partial charge in [-0.15, -0.1) is 11.3 Å². The Hall–Kier alpha value is -2.63. The molecular weight excluding hydrogens is 354 g/mol. The molecule has 26 heavy (non-hydrogen) atoms. The van der Waals surface area contributed by atoms with Crippen LogP contribution in [0.3, 0.4) is 0 Å². The summed E-state index contributed by atoms with van der Waals surface area (Å²) in [6.45, 7) is 7.57. The second-order valence-electron chi connectivity index (χ2n) is 5.81. The van der Waals surface area contributed by atoms with Gasteiger partial charge in [0.05, 0.1) is 17.7 Å². The average Bonchev–Trinajstić information content (AvgIpc) is 3.03. The number of anilines is 1. The lowest BCUT2D eigenvalue weighted by molar-refractivity contribution is 0.0387. The van der Waals surface area contributed by atoms with Gasteiger partial charge in [0, 0.05) is 17.7 Å². The first-order valence-corrected chi connectivity index (χ1v) is 8.80. The van der Waals surface area contributed by atoms with Gasteiger partial charge in [-0.1, -0.05) is 0 Å². The third kappa shape index (κ3) is 3.79. The molecule has 0 atom stereocenters. The van der Waals surface area contributed by atoms with Crippen molar-refractivity contribution in [1.82, 2.24) is 4.98 Å². The summed E-state index contributed by atoms with van der Waals surface area (Å²) in [6, 6.07) is 2.12. The first-order valence-electron chi connectivity index (χ1n) is 7.98. The number of hydrogen-bond donors (Lipinski definition) is 2. The van der Waals surface area contributed by atoms with Crippen molar-refractivity contribution < 1.29 is 19.1 Å². The normalized spacial score (nSPS) is 10.5. The molecule has 2 rings (SSSR count). The zero-order valence-electron chi connectivity index (χ0n) is 15.4. The number of nitriles is 1. The fourth-order valence-electron chi connectivity index (χ4n) is 2.59. The largest absolute Gasteiger partial charge is 0.460 e. The van der Waals surface area contributed by atoms with Gasteiger partial charge < -0.3 is 19.8 Å². The number of aromatic amines is 1. The summed E-state index contributed by atoms with van der Waals surface area (Å²) < 4.78 is 10.00. The molecule has 0 unspecified atom stereocenters. The van der Waals surface area contributed by atoms with Crippen LogP contribution >= 0.6 is 11.3 Å². The first-order chi connectivity index (χ1) is 12.3.